The number of rotatable bonds is 1. The highest BCUT2D eigenvalue weighted by Gasteiger charge is 2.32. The molecule has 0 amide bonds. The molecule has 4 nitrogen and oxygen atoms in total. The molecule has 8 heterocycles. The third-order valence-corrected chi connectivity index (χ3v) is 16.3. The standard InChI is InChI=1S/C19H18N.C18H15FN.2C17H13FN/c1-13(2)15-8-7-14-9-10-20-12-16-5-3-4-6-17(16)19(20)18(14)11-15;1-11-8-12(2)15-10-20-17-5-3-4-16(19)13(17)6-7-18(20)14(15)9-11;1-11-2-3-13-10-19-16-7-5-14(18)9-12(16)4-6-17(19)15(13)8-11;1-11-2-3-13-10-19-16(15(13)8-11)7-5-12-4-6-14(18)9-17(12)19/h3-11,13H,12H2,1-2H3;3-9H,10H2,1-2H3;2*2-9H,10H2,1H3/q4*+1. The van der Waals surface area contributed by atoms with Gasteiger partial charge in [-0.05, 0) is 135 Å². The topological polar surface area (TPSA) is 15.5 Å². The highest BCUT2D eigenvalue weighted by Crippen LogP contribution is 2.36. The van der Waals surface area contributed by atoms with E-state index in [1.807, 2.05) is 36.4 Å². The minimum atomic E-state index is -0.181. The first-order valence-electron chi connectivity index (χ1n) is 27.0. The van der Waals surface area contributed by atoms with E-state index >= 15 is 0 Å². The van der Waals surface area contributed by atoms with E-state index in [9.17, 15) is 13.2 Å². The van der Waals surface area contributed by atoms with Gasteiger partial charge < -0.3 is 0 Å². The van der Waals surface area contributed by atoms with Crippen molar-refractivity contribution >= 4 is 43.5 Å². The van der Waals surface area contributed by atoms with Crippen LogP contribution in [0.3, 0.4) is 0 Å². The molecule has 4 aliphatic rings. The number of hydrogen-bond acceptors (Lipinski definition) is 0. The Morgan fingerprint density at radius 1 is 0.397 bits per heavy atom. The Kier molecular flexibility index (Phi) is 12.1. The van der Waals surface area contributed by atoms with Crippen LogP contribution in [-0.2, 0) is 26.2 Å². The van der Waals surface area contributed by atoms with Crippen LogP contribution in [0.5, 0.6) is 0 Å². The van der Waals surface area contributed by atoms with E-state index in [2.05, 4.69) is 181 Å². The Hall–Kier alpha value is -8.81. The number of pyridine rings is 4. The van der Waals surface area contributed by atoms with Crippen LogP contribution in [0, 0.1) is 45.1 Å². The van der Waals surface area contributed by atoms with Gasteiger partial charge in [-0.15, -0.1) is 0 Å². The summed E-state index contributed by atoms with van der Waals surface area (Å²) in [5.74, 6) is 0.0542. The van der Waals surface area contributed by atoms with Crippen LogP contribution in [-0.4, -0.2) is 0 Å². The molecule has 0 radical (unpaired) electrons. The van der Waals surface area contributed by atoms with E-state index in [1.54, 1.807) is 18.2 Å². The molecule has 0 unspecified atom stereocenters. The zero-order chi connectivity index (χ0) is 53.5. The van der Waals surface area contributed by atoms with Gasteiger partial charge in [-0.2, -0.15) is 18.3 Å². The van der Waals surface area contributed by atoms with Gasteiger partial charge in [0.25, 0.3) is 0 Å². The Morgan fingerprint density at radius 2 is 1.01 bits per heavy atom. The molecule has 78 heavy (non-hydrogen) atoms. The van der Waals surface area contributed by atoms with E-state index in [0.717, 1.165) is 53.5 Å². The summed E-state index contributed by atoms with van der Waals surface area (Å²) >= 11 is 0. The molecule has 7 heteroatoms. The van der Waals surface area contributed by atoms with Gasteiger partial charge in [-0.1, -0.05) is 91.7 Å². The van der Waals surface area contributed by atoms with Crippen LogP contribution in [0.2, 0.25) is 0 Å². The van der Waals surface area contributed by atoms with E-state index in [0.29, 0.717) is 11.3 Å². The number of benzene rings is 8. The second kappa shape index (κ2) is 19.3. The predicted octanol–water partition coefficient (Wildman–Crippen LogP) is 15.4. The van der Waals surface area contributed by atoms with E-state index in [4.69, 9.17) is 0 Å². The zero-order valence-electron chi connectivity index (χ0n) is 44.8. The van der Waals surface area contributed by atoms with E-state index in [-0.39, 0.29) is 17.5 Å². The second-order valence-corrected chi connectivity index (χ2v) is 21.9. The molecule has 0 spiro atoms. The van der Waals surface area contributed by atoms with Crippen molar-refractivity contribution in [3.8, 4) is 45.0 Å². The minimum Gasteiger partial charge on any atom is -0.207 e. The second-order valence-electron chi connectivity index (χ2n) is 21.9. The maximum atomic E-state index is 13.9. The molecule has 0 aliphatic carbocycles. The fourth-order valence-corrected chi connectivity index (χ4v) is 12.4. The number of fused-ring (bicyclic) bond motifs is 20. The lowest BCUT2D eigenvalue weighted by Gasteiger charge is -2.07. The normalized spacial score (nSPS) is 12.6. The van der Waals surface area contributed by atoms with Crippen molar-refractivity contribution in [2.75, 3.05) is 0 Å². The van der Waals surface area contributed by atoms with Gasteiger partial charge in [0, 0.05) is 75.5 Å². The summed E-state index contributed by atoms with van der Waals surface area (Å²) in [6.45, 7) is 16.5. The molecule has 16 rings (SSSR count). The molecule has 380 valence electrons. The molecule has 0 fully saturated rings. The van der Waals surface area contributed by atoms with Crippen molar-refractivity contribution in [2.24, 2.45) is 0 Å². The van der Waals surface area contributed by atoms with Crippen molar-refractivity contribution in [3.63, 3.8) is 0 Å². The summed E-state index contributed by atoms with van der Waals surface area (Å²) in [6, 6.07) is 62.9. The van der Waals surface area contributed by atoms with Gasteiger partial charge in [0.2, 0.25) is 39.3 Å². The fourth-order valence-electron chi connectivity index (χ4n) is 12.4. The fraction of sp³-hybridized carbons (Fsp3) is 0.155. The van der Waals surface area contributed by atoms with Crippen molar-refractivity contribution in [1.82, 2.24) is 0 Å². The first-order valence-corrected chi connectivity index (χ1v) is 27.0. The summed E-state index contributed by atoms with van der Waals surface area (Å²) in [5, 5.41) is 5.43. The molecule has 0 bridgehead atoms. The molecular weight excluding hydrogens is 966 g/mol. The van der Waals surface area contributed by atoms with Gasteiger partial charge in [0.05, 0.1) is 33.0 Å². The average molecular weight is 1030 g/mol. The van der Waals surface area contributed by atoms with Crippen LogP contribution < -0.4 is 18.3 Å². The minimum absolute atomic E-state index is 0.151. The van der Waals surface area contributed by atoms with Gasteiger partial charge in [0.1, 0.15) is 17.5 Å². The van der Waals surface area contributed by atoms with Crippen molar-refractivity contribution < 1.29 is 31.4 Å². The molecule has 0 atom stereocenters. The monoisotopic (exact) mass is 1020 g/mol. The van der Waals surface area contributed by atoms with Crippen LogP contribution >= 0.6 is 0 Å². The highest BCUT2D eigenvalue weighted by atomic mass is 19.1. The van der Waals surface area contributed by atoms with Crippen molar-refractivity contribution in [3.05, 3.63) is 262 Å². The highest BCUT2D eigenvalue weighted by molar-refractivity contribution is 5.95. The molecule has 4 aromatic heterocycles. The third-order valence-electron chi connectivity index (χ3n) is 16.3. The van der Waals surface area contributed by atoms with Crippen LogP contribution in [0.25, 0.3) is 88.5 Å². The summed E-state index contributed by atoms with van der Waals surface area (Å²) in [5.41, 5.74) is 25.2. The lowest BCUT2D eigenvalue weighted by molar-refractivity contribution is -0.671. The molecule has 0 saturated carbocycles. The first kappa shape index (κ1) is 48.8. The van der Waals surface area contributed by atoms with Crippen LogP contribution in [0.4, 0.5) is 13.2 Å². The van der Waals surface area contributed by atoms with Gasteiger partial charge in [-0.25, -0.2) is 13.2 Å². The molecule has 12 aromatic rings. The maximum absolute atomic E-state index is 13.9. The average Bonchev–Trinajstić information content (AvgIpc) is 4.23. The van der Waals surface area contributed by atoms with Crippen molar-refractivity contribution in [2.45, 2.75) is 73.6 Å². The lowest BCUT2D eigenvalue weighted by Crippen LogP contribution is -2.33. The SMILES string of the molecule is CC(C)c1ccc2cc[n+]3c(c2c1)-c1ccccc1C3.Cc1cc(C)c2c(c1)-c1ccc3c(F)cccc3[n+]1C2.Cc1ccc2c(c1)-c1ccc3cc(F)ccc3[n+]1C2.Cc1ccc2c(c1)-c1ccc3ccc(F)cc3[n+]1C2. The van der Waals surface area contributed by atoms with E-state index < -0.39 is 0 Å². The predicted molar refractivity (Wildman–Crippen MR) is 308 cm³/mol. The Morgan fingerprint density at radius 3 is 1.77 bits per heavy atom. The van der Waals surface area contributed by atoms with Gasteiger partial charge >= 0.3 is 0 Å². The molecule has 0 saturated heterocycles. The molecular formula is C71H59F3N4+4. The summed E-state index contributed by atoms with van der Waals surface area (Å²) in [6.07, 6.45) is 2.21. The first-order chi connectivity index (χ1) is 37.8. The van der Waals surface area contributed by atoms with Crippen LogP contribution in [0.1, 0.15) is 69.8 Å². The molecule has 0 N–H and O–H groups in total. The Bertz CT molecular complexity index is 4460. The summed E-state index contributed by atoms with van der Waals surface area (Å²) in [7, 11) is 0. The number of aryl methyl sites for hydroxylation is 4. The summed E-state index contributed by atoms with van der Waals surface area (Å²) in [4.78, 5) is 0. The van der Waals surface area contributed by atoms with E-state index in [1.165, 1.54) is 124 Å². The quantitative estimate of drug-likeness (QED) is 0.146. The largest absolute Gasteiger partial charge is 0.221 e. The third kappa shape index (κ3) is 8.58. The Labute approximate surface area is 453 Å². The number of nitrogens with zero attached hydrogens (tertiary/aromatic N) is 4. The lowest BCUT2D eigenvalue weighted by atomic mass is 9.97. The maximum Gasteiger partial charge on any atom is 0.221 e. The molecule has 8 aromatic carbocycles. The summed E-state index contributed by atoms with van der Waals surface area (Å²) < 4.78 is 49.7. The van der Waals surface area contributed by atoms with Gasteiger partial charge in [0.15, 0.2) is 32.4 Å². The Balaban J connectivity index is 0.0000000989. The van der Waals surface area contributed by atoms with Gasteiger partial charge in [-0.3, -0.25) is 0 Å². The van der Waals surface area contributed by atoms with Crippen LogP contribution in [0.15, 0.2) is 194 Å². The number of hydrogen-bond donors (Lipinski definition) is 0. The number of halogens is 3. The smallest absolute Gasteiger partial charge is 0.207 e. The van der Waals surface area contributed by atoms with Crippen molar-refractivity contribution in [1.29, 1.82) is 0 Å². The zero-order valence-corrected chi connectivity index (χ0v) is 44.8. The molecule has 4 aliphatic heterocycles. The number of aromatic nitrogens is 4.